The van der Waals surface area contributed by atoms with Crippen LogP contribution in [0.4, 0.5) is 0 Å². The maximum atomic E-state index is 13.0. The summed E-state index contributed by atoms with van der Waals surface area (Å²) in [7, 11) is -3.45. The van der Waals surface area contributed by atoms with E-state index in [9.17, 15) is 8.42 Å². The van der Waals surface area contributed by atoms with Gasteiger partial charge in [-0.15, -0.1) is 0 Å². The van der Waals surface area contributed by atoms with Crippen molar-refractivity contribution >= 4 is 32.6 Å². The van der Waals surface area contributed by atoms with E-state index in [2.05, 4.69) is 76.0 Å². The largest absolute Gasteiger partial charge is 0.290 e. The number of sulfonamides is 1. The SMILES string of the molecule is O=S(=O)(c1ccc(I)cc1)N1CCN(C(c2ccccc2)c2ccccc2)CC1. The van der Waals surface area contributed by atoms with E-state index in [-0.39, 0.29) is 6.04 Å². The lowest BCUT2D eigenvalue weighted by atomic mass is 9.96. The van der Waals surface area contributed by atoms with E-state index in [0.29, 0.717) is 31.1 Å². The molecule has 1 aliphatic rings. The first kappa shape index (κ1) is 20.5. The van der Waals surface area contributed by atoms with Crippen LogP contribution in [0.2, 0.25) is 0 Å². The van der Waals surface area contributed by atoms with Crippen molar-refractivity contribution in [2.45, 2.75) is 10.9 Å². The smallest absolute Gasteiger partial charge is 0.243 e. The maximum absolute atomic E-state index is 13.0. The van der Waals surface area contributed by atoms with E-state index in [1.54, 1.807) is 16.4 Å². The van der Waals surface area contributed by atoms with Crippen LogP contribution in [-0.4, -0.2) is 43.8 Å². The lowest BCUT2D eigenvalue weighted by Crippen LogP contribution is -2.49. The third kappa shape index (κ3) is 4.55. The molecule has 0 amide bonds. The Bertz CT molecular complexity index is 994. The monoisotopic (exact) mass is 518 g/mol. The van der Waals surface area contributed by atoms with Gasteiger partial charge in [-0.3, -0.25) is 4.90 Å². The summed E-state index contributed by atoms with van der Waals surface area (Å²) in [6.45, 7) is 2.37. The molecule has 0 saturated carbocycles. The van der Waals surface area contributed by atoms with Gasteiger partial charge in [0, 0.05) is 29.7 Å². The number of benzene rings is 3. The fourth-order valence-corrected chi connectivity index (χ4v) is 5.62. The van der Waals surface area contributed by atoms with Crippen LogP contribution in [0.5, 0.6) is 0 Å². The lowest BCUT2D eigenvalue weighted by molar-refractivity contribution is 0.156. The van der Waals surface area contributed by atoms with Crippen LogP contribution in [0, 0.1) is 3.57 Å². The molecule has 1 saturated heterocycles. The molecule has 1 aliphatic heterocycles. The number of hydrogen-bond donors (Lipinski definition) is 0. The molecule has 0 aromatic heterocycles. The van der Waals surface area contributed by atoms with Crippen molar-refractivity contribution in [2.75, 3.05) is 26.2 Å². The molecule has 1 fully saturated rings. The number of nitrogens with zero attached hydrogens (tertiary/aromatic N) is 2. The molecular formula is C23H23IN2O2S. The average Bonchev–Trinajstić information content (AvgIpc) is 2.76. The molecule has 29 heavy (non-hydrogen) atoms. The highest BCUT2D eigenvalue weighted by Crippen LogP contribution is 2.30. The van der Waals surface area contributed by atoms with Crippen LogP contribution in [0.1, 0.15) is 17.2 Å². The molecule has 4 rings (SSSR count). The molecule has 3 aromatic carbocycles. The van der Waals surface area contributed by atoms with E-state index >= 15 is 0 Å². The third-order valence-corrected chi connectivity index (χ3v) is 7.95. The standard InChI is InChI=1S/C23H23IN2O2S/c24-21-11-13-22(14-12-21)29(27,28)26-17-15-25(16-18-26)23(19-7-3-1-4-8-19)20-9-5-2-6-10-20/h1-14,23H,15-18H2. The quantitative estimate of drug-likeness (QED) is 0.471. The van der Waals surface area contributed by atoms with Crippen LogP contribution in [0.25, 0.3) is 0 Å². The molecule has 0 N–H and O–H groups in total. The van der Waals surface area contributed by atoms with Crippen molar-refractivity contribution in [3.63, 3.8) is 0 Å². The lowest BCUT2D eigenvalue weighted by Gasteiger charge is -2.39. The zero-order chi connectivity index (χ0) is 20.3. The normalized spacial score (nSPS) is 16.2. The number of piperazine rings is 1. The predicted octanol–water partition coefficient (Wildman–Crippen LogP) is 4.39. The summed E-state index contributed by atoms with van der Waals surface area (Å²) < 4.78 is 28.7. The Hall–Kier alpha value is -1.74. The van der Waals surface area contributed by atoms with Gasteiger partial charge in [-0.05, 0) is 58.0 Å². The van der Waals surface area contributed by atoms with Gasteiger partial charge in [0.25, 0.3) is 0 Å². The highest BCUT2D eigenvalue weighted by Gasteiger charge is 2.32. The highest BCUT2D eigenvalue weighted by molar-refractivity contribution is 14.1. The Labute approximate surface area is 186 Å². The minimum absolute atomic E-state index is 0.126. The third-order valence-electron chi connectivity index (χ3n) is 5.32. The number of halogens is 1. The molecule has 150 valence electrons. The summed E-state index contributed by atoms with van der Waals surface area (Å²) in [6.07, 6.45) is 0. The van der Waals surface area contributed by atoms with Crippen molar-refractivity contribution < 1.29 is 8.42 Å². The summed E-state index contributed by atoms with van der Waals surface area (Å²) in [5.74, 6) is 0. The first-order chi connectivity index (χ1) is 14.1. The second kappa shape index (κ2) is 8.95. The van der Waals surface area contributed by atoms with E-state index in [1.807, 2.05) is 24.3 Å². The van der Waals surface area contributed by atoms with Crippen LogP contribution in [0.3, 0.4) is 0 Å². The van der Waals surface area contributed by atoms with E-state index in [1.165, 1.54) is 11.1 Å². The predicted molar refractivity (Wildman–Crippen MR) is 124 cm³/mol. The minimum atomic E-state index is -3.45. The van der Waals surface area contributed by atoms with Crippen molar-refractivity contribution in [3.05, 3.63) is 99.6 Å². The Kier molecular flexibility index (Phi) is 6.34. The van der Waals surface area contributed by atoms with Crippen molar-refractivity contribution in [1.82, 2.24) is 9.21 Å². The van der Waals surface area contributed by atoms with Crippen molar-refractivity contribution in [2.24, 2.45) is 0 Å². The van der Waals surface area contributed by atoms with Crippen LogP contribution < -0.4 is 0 Å². The van der Waals surface area contributed by atoms with Gasteiger partial charge >= 0.3 is 0 Å². The van der Waals surface area contributed by atoms with E-state index < -0.39 is 10.0 Å². The first-order valence-corrected chi connectivity index (χ1v) is 12.2. The molecule has 0 radical (unpaired) electrons. The summed E-state index contributed by atoms with van der Waals surface area (Å²) in [6, 6.07) is 28.1. The first-order valence-electron chi connectivity index (χ1n) is 9.65. The van der Waals surface area contributed by atoms with Gasteiger partial charge in [0.05, 0.1) is 10.9 Å². The zero-order valence-corrected chi connectivity index (χ0v) is 19.0. The Morgan fingerprint density at radius 3 is 1.66 bits per heavy atom. The molecule has 4 nitrogen and oxygen atoms in total. The topological polar surface area (TPSA) is 40.6 Å². The number of rotatable bonds is 5. The average molecular weight is 518 g/mol. The Morgan fingerprint density at radius 2 is 1.17 bits per heavy atom. The molecule has 0 spiro atoms. The van der Waals surface area contributed by atoms with Gasteiger partial charge in [0.1, 0.15) is 0 Å². The molecule has 0 unspecified atom stereocenters. The molecule has 6 heteroatoms. The number of hydrogen-bond acceptors (Lipinski definition) is 3. The molecule has 3 aromatic rings. The van der Waals surface area contributed by atoms with Gasteiger partial charge in [-0.1, -0.05) is 60.7 Å². The molecular weight excluding hydrogens is 495 g/mol. The molecule has 1 heterocycles. The van der Waals surface area contributed by atoms with E-state index in [4.69, 9.17) is 0 Å². The van der Waals surface area contributed by atoms with Crippen LogP contribution in [-0.2, 0) is 10.0 Å². The fraction of sp³-hybridized carbons (Fsp3) is 0.217. The minimum Gasteiger partial charge on any atom is -0.290 e. The summed E-state index contributed by atoms with van der Waals surface area (Å²) in [5, 5.41) is 0. The maximum Gasteiger partial charge on any atom is 0.243 e. The van der Waals surface area contributed by atoms with Crippen LogP contribution >= 0.6 is 22.6 Å². The van der Waals surface area contributed by atoms with Crippen molar-refractivity contribution in [3.8, 4) is 0 Å². The second-order valence-corrected chi connectivity index (χ2v) is 10.3. The van der Waals surface area contributed by atoms with Crippen molar-refractivity contribution in [1.29, 1.82) is 0 Å². The summed E-state index contributed by atoms with van der Waals surface area (Å²) in [4.78, 5) is 2.75. The Balaban J connectivity index is 1.55. The molecule has 0 atom stereocenters. The van der Waals surface area contributed by atoms with Gasteiger partial charge in [0.15, 0.2) is 0 Å². The summed E-state index contributed by atoms with van der Waals surface area (Å²) >= 11 is 2.18. The second-order valence-electron chi connectivity index (χ2n) is 7.12. The molecule has 0 aliphatic carbocycles. The van der Waals surface area contributed by atoms with Gasteiger partial charge in [0.2, 0.25) is 10.0 Å². The summed E-state index contributed by atoms with van der Waals surface area (Å²) in [5.41, 5.74) is 2.46. The Morgan fingerprint density at radius 1 is 0.690 bits per heavy atom. The van der Waals surface area contributed by atoms with E-state index in [0.717, 1.165) is 3.57 Å². The van der Waals surface area contributed by atoms with Gasteiger partial charge in [-0.25, -0.2) is 8.42 Å². The van der Waals surface area contributed by atoms with Gasteiger partial charge in [-0.2, -0.15) is 4.31 Å². The highest BCUT2D eigenvalue weighted by atomic mass is 127. The van der Waals surface area contributed by atoms with Gasteiger partial charge < -0.3 is 0 Å². The fourth-order valence-electron chi connectivity index (χ4n) is 3.84. The van der Waals surface area contributed by atoms with Crippen LogP contribution in [0.15, 0.2) is 89.8 Å². The molecule has 0 bridgehead atoms. The zero-order valence-electron chi connectivity index (χ0n) is 16.0.